The number of amides is 1. The molecule has 1 fully saturated rings. The van der Waals surface area contributed by atoms with Crippen LogP contribution < -0.4 is 4.90 Å². The van der Waals surface area contributed by atoms with Crippen LogP contribution in [0.25, 0.3) is 10.6 Å². The lowest BCUT2D eigenvalue weighted by molar-refractivity contribution is 0.0741. The summed E-state index contributed by atoms with van der Waals surface area (Å²) in [5.74, 6) is -1.15. The van der Waals surface area contributed by atoms with E-state index in [4.69, 9.17) is 0 Å². The Labute approximate surface area is 170 Å². The fourth-order valence-corrected chi connectivity index (χ4v) is 4.15. The number of thiazole rings is 1. The molecule has 0 N–H and O–H groups in total. The predicted molar refractivity (Wildman–Crippen MR) is 107 cm³/mol. The summed E-state index contributed by atoms with van der Waals surface area (Å²) in [6.45, 7) is 1.81. The highest BCUT2D eigenvalue weighted by Gasteiger charge is 2.26. The molecule has 0 saturated carbocycles. The topological polar surface area (TPSA) is 60.2 Å². The minimum Gasteiger partial charge on any atom is -0.367 e. The summed E-state index contributed by atoms with van der Waals surface area (Å²) in [4.78, 5) is 20.7. The molecule has 2 aromatic carbocycles. The molecule has 146 valence electrons. The van der Waals surface area contributed by atoms with Gasteiger partial charge in [0.1, 0.15) is 34.0 Å². The number of carbonyl (C=O) groups excluding carboxylic acids is 1. The number of piperazine rings is 1. The first kappa shape index (κ1) is 19.0. The molecule has 0 aliphatic carbocycles. The van der Waals surface area contributed by atoms with Crippen LogP contribution in [-0.2, 0) is 0 Å². The quantitative estimate of drug-likeness (QED) is 0.657. The Morgan fingerprint density at radius 2 is 1.76 bits per heavy atom. The molecule has 1 saturated heterocycles. The smallest absolute Gasteiger partial charge is 0.273 e. The van der Waals surface area contributed by atoms with Crippen LogP contribution in [0.1, 0.15) is 16.1 Å². The highest BCUT2D eigenvalue weighted by molar-refractivity contribution is 7.13. The highest BCUT2D eigenvalue weighted by Crippen LogP contribution is 2.27. The maximum Gasteiger partial charge on any atom is 0.273 e. The fraction of sp³-hybridized carbons (Fsp3) is 0.190. The van der Waals surface area contributed by atoms with Gasteiger partial charge in [-0.15, -0.1) is 11.3 Å². The van der Waals surface area contributed by atoms with Crippen molar-refractivity contribution < 1.29 is 13.6 Å². The second-order valence-electron chi connectivity index (χ2n) is 6.54. The lowest BCUT2D eigenvalue weighted by atomic mass is 10.1. The van der Waals surface area contributed by atoms with Crippen molar-refractivity contribution in [1.82, 2.24) is 9.88 Å². The average molecular weight is 410 g/mol. The second kappa shape index (κ2) is 7.97. The summed E-state index contributed by atoms with van der Waals surface area (Å²) in [5.41, 5.74) is 1.21. The molecule has 1 aromatic heterocycles. The molecule has 0 atom stereocenters. The number of nitrogens with zero attached hydrogens (tertiary/aromatic N) is 4. The maximum absolute atomic E-state index is 14.0. The van der Waals surface area contributed by atoms with Gasteiger partial charge in [-0.2, -0.15) is 5.26 Å². The van der Waals surface area contributed by atoms with E-state index >= 15 is 0 Å². The van der Waals surface area contributed by atoms with Crippen LogP contribution >= 0.6 is 11.3 Å². The molecule has 3 aromatic rings. The van der Waals surface area contributed by atoms with E-state index in [1.54, 1.807) is 40.6 Å². The number of halogens is 2. The van der Waals surface area contributed by atoms with Crippen LogP contribution in [0.2, 0.25) is 0 Å². The summed E-state index contributed by atoms with van der Waals surface area (Å²) in [6.07, 6.45) is 0. The molecule has 0 unspecified atom stereocenters. The first-order chi connectivity index (χ1) is 14.1. The van der Waals surface area contributed by atoms with Crippen molar-refractivity contribution in [3.05, 3.63) is 70.7 Å². The van der Waals surface area contributed by atoms with Crippen LogP contribution in [0.5, 0.6) is 0 Å². The maximum atomic E-state index is 14.0. The molecular weight excluding hydrogens is 394 g/mol. The normalized spacial score (nSPS) is 14.0. The number of carbonyl (C=O) groups is 1. The minimum absolute atomic E-state index is 0.0151. The van der Waals surface area contributed by atoms with Gasteiger partial charge in [0.25, 0.3) is 5.91 Å². The monoisotopic (exact) mass is 410 g/mol. The van der Waals surface area contributed by atoms with Crippen LogP contribution in [0.15, 0.2) is 47.8 Å². The summed E-state index contributed by atoms with van der Waals surface area (Å²) >= 11 is 1.23. The van der Waals surface area contributed by atoms with E-state index in [2.05, 4.69) is 4.98 Å². The molecule has 0 bridgehead atoms. The second-order valence-corrected chi connectivity index (χ2v) is 7.40. The summed E-state index contributed by atoms with van der Waals surface area (Å²) in [7, 11) is 0. The summed E-state index contributed by atoms with van der Waals surface area (Å²) in [6, 6.07) is 12.8. The largest absolute Gasteiger partial charge is 0.367 e. The molecule has 0 spiro atoms. The zero-order valence-electron chi connectivity index (χ0n) is 15.3. The Morgan fingerprint density at radius 1 is 1.03 bits per heavy atom. The van der Waals surface area contributed by atoms with E-state index in [9.17, 15) is 18.8 Å². The van der Waals surface area contributed by atoms with Gasteiger partial charge in [0.2, 0.25) is 0 Å². The number of rotatable bonds is 3. The number of aromatic nitrogens is 1. The minimum atomic E-state index is -0.549. The van der Waals surface area contributed by atoms with E-state index in [0.29, 0.717) is 42.4 Å². The third-order valence-corrected chi connectivity index (χ3v) is 5.71. The SMILES string of the molecule is N#Cc1c(F)cccc1N1CCN(C(=O)c2csc(-c3ccccc3F)n2)CC1. The van der Waals surface area contributed by atoms with Gasteiger partial charge in [-0.25, -0.2) is 13.8 Å². The van der Waals surface area contributed by atoms with Crippen molar-refractivity contribution in [2.45, 2.75) is 0 Å². The lowest BCUT2D eigenvalue weighted by Gasteiger charge is -2.36. The van der Waals surface area contributed by atoms with E-state index in [1.165, 1.54) is 23.5 Å². The fourth-order valence-electron chi connectivity index (χ4n) is 3.33. The van der Waals surface area contributed by atoms with Gasteiger partial charge >= 0.3 is 0 Å². The molecule has 0 radical (unpaired) electrons. The van der Waals surface area contributed by atoms with E-state index in [0.717, 1.165) is 0 Å². The molecule has 1 amide bonds. The van der Waals surface area contributed by atoms with Crippen molar-refractivity contribution in [3.8, 4) is 16.6 Å². The van der Waals surface area contributed by atoms with Crippen LogP contribution in [0.4, 0.5) is 14.5 Å². The van der Waals surface area contributed by atoms with E-state index < -0.39 is 5.82 Å². The third-order valence-electron chi connectivity index (χ3n) is 4.84. The van der Waals surface area contributed by atoms with Gasteiger partial charge in [-0.05, 0) is 24.3 Å². The Balaban J connectivity index is 1.46. The first-order valence-corrected chi connectivity index (χ1v) is 9.89. The Morgan fingerprint density at radius 3 is 2.48 bits per heavy atom. The average Bonchev–Trinajstić information content (AvgIpc) is 3.23. The van der Waals surface area contributed by atoms with Crippen LogP contribution in [0.3, 0.4) is 0 Å². The van der Waals surface area contributed by atoms with Gasteiger partial charge in [0.15, 0.2) is 0 Å². The number of benzene rings is 2. The molecule has 4 rings (SSSR count). The zero-order chi connectivity index (χ0) is 20.4. The highest BCUT2D eigenvalue weighted by atomic mass is 32.1. The molecular formula is C21H16F2N4OS. The van der Waals surface area contributed by atoms with Crippen molar-refractivity contribution in [1.29, 1.82) is 5.26 Å². The van der Waals surface area contributed by atoms with Crippen molar-refractivity contribution in [3.63, 3.8) is 0 Å². The lowest BCUT2D eigenvalue weighted by Crippen LogP contribution is -2.49. The van der Waals surface area contributed by atoms with Gasteiger partial charge in [0, 0.05) is 37.1 Å². The molecule has 1 aliphatic rings. The van der Waals surface area contributed by atoms with Gasteiger partial charge < -0.3 is 9.80 Å². The molecule has 8 heteroatoms. The van der Waals surface area contributed by atoms with Crippen LogP contribution in [-0.4, -0.2) is 42.0 Å². The third kappa shape index (κ3) is 3.69. The van der Waals surface area contributed by atoms with Gasteiger partial charge in [-0.3, -0.25) is 4.79 Å². The Kier molecular flexibility index (Phi) is 5.23. The summed E-state index contributed by atoms with van der Waals surface area (Å²) < 4.78 is 27.8. The number of hydrogen-bond acceptors (Lipinski definition) is 5. The summed E-state index contributed by atoms with van der Waals surface area (Å²) in [5, 5.41) is 11.3. The van der Waals surface area contributed by atoms with Gasteiger partial charge in [0.05, 0.1) is 5.69 Å². The van der Waals surface area contributed by atoms with E-state index in [1.807, 2.05) is 11.0 Å². The number of nitriles is 1. The van der Waals surface area contributed by atoms with Gasteiger partial charge in [-0.1, -0.05) is 18.2 Å². The number of hydrogen-bond donors (Lipinski definition) is 0. The molecule has 29 heavy (non-hydrogen) atoms. The van der Waals surface area contributed by atoms with Crippen molar-refractivity contribution >= 4 is 22.9 Å². The van der Waals surface area contributed by atoms with Crippen molar-refractivity contribution in [2.24, 2.45) is 0 Å². The molecule has 2 heterocycles. The van der Waals surface area contributed by atoms with Crippen molar-refractivity contribution in [2.75, 3.05) is 31.1 Å². The van der Waals surface area contributed by atoms with E-state index in [-0.39, 0.29) is 23.0 Å². The Hall–Kier alpha value is -3.31. The van der Waals surface area contributed by atoms with Crippen LogP contribution in [0, 0.1) is 23.0 Å². The first-order valence-electron chi connectivity index (χ1n) is 9.01. The Bertz CT molecular complexity index is 1100. The zero-order valence-corrected chi connectivity index (χ0v) is 16.1. The standard InChI is InChI=1S/C21H16F2N4OS/c22-16-5-2-1-4-14(16)20-25-18(13-29-20)21(28)27-10-8-26(9-11-27)19-7-3-6-17(23)15(19)12-24/h1-7,13H,8-11H2. The molecule has 1 aliphatic heterocycles. The predicted octanol–water partition coefficient (Wildman–Crippen LogP) is 3.92. The molecule has 5 nitrogen and oxygen atoms in total. The number of anilines is 1.